The van der Waals surface area contributed by atoms with Crippen molar-refractivity contribution in [1.82, 2.24) is 10.3 Å². The van der Waals surface area contributed by atoms with Gasteiger partial charge < -0.3 is 5.32 Å². The number of hydrogen-bond acceptors (Lipinski definition) is 2. The average Bonchev–Trinajstić information content (AvgIpc) is 2.56. The Bertz CT molecular complexity index is 716. The van der Waals surface area contributed by atoms with E-state index in [9.17, 15) is 0 Å². The molecule has 0 fully saturated rings. The molecule has 2 aromatic carbocycles. The van der Waals surface area contributed by atoms with E-state index in [1.165, 1.54) is 21.9 Å². The van der Waals surface area contributed by atoms with Gasteiger partial charge in [-0.3, -0.25) is 4.98 Å². The summed E-state index contributed by atoms with van der Waals surface area (Å²) >= 11 is 0. The molecule has 1 heterocycles. The molecule has 3 rings (SSSR count). The predicted octanol–water partition coefficient (Wildman–Crippen LogP) is 4.30. The van der Waals surface area contributed by atoms with Crippen LogP contribution in [0.1, 0.15) is 30.0 Å². The minimum absolute atomic E-state index is 0.276. The summed E-state index contributed by atoms with van der Waals surface area (Å²) in [6.45, 7) is 2.27. The lowest BCUT2D eigenvalue weighted by molar-refractivity contribution is 0.511. The van der Waals surface area contributed by atoms with Gasteiger partial charge in [0.05, 0.1) is 0 Å². The Morgan fingerprint density at radius 1 is 0.952 bits per heavy atom. The summed E-state index contributed by atoms with van der Waals surface area (Å²) in [5.41, 5.74) is 2.68. The second kappa shape index (κ2) is 6.06. The second-order valence-electron chi connectivity index (χ2n) is 5.41. The molecular weight excluding hydrogens is 256 g/mol. The average molecular weight is 276 g/mol. The van der Waals surface area contributed by atoms with Crippen LogP contribution in [0.2, 0.25) is 0 Å². The van der Waals surface area contributed by atoms with E-state index in [0.717, 1.165) is 0 Å². The van der Waals surface area contributed by atoms with Gasteiger partial charge in [-0.05, 0) is 29.6 Å². The molecule has 1 N–H and O–H groups in total. The van der Waals surface area contributed by atoms with Crippen molar-refractivity contribution in [2.45, 2.75) is 18.9 Å². The molecule has 0 aliphatic heterocycles. The van der Waals surface area contributed by atoms with Crippen LogP contribution < -0.4 is 5.32 Å². The van der Waals surface area contributed by atoms with Crippen molar-refractivity contribution < 1.29 is 0 Å². The fourth-order valence-corrected chi connectivity index (χ4v) is 3.04. The van der Waals surface area contributed by atoms with Crippen molar-refractivity contribution in [3.63, 3.8) is 0 Å². The maximum absolute atomic E-state index is 4.22. The fraction of sp³-hybridized carbons (Fsp3) is 0.211. The largest absolute Gasteiger partial charge is 0.312 e. The summed E-state index contributed by atoms with van der Waals surface area (Å²) in [5, 5.41) is 5.95. The van der Waals surface area contributed by atoms with Crippen molar-refractivity contribution in [3.05, 3.63) is 78.1 Å². The van der Waals surface area contributed by atoms with Gasteiger partial charge in [0.15, 0.2) is 0 Å². The molecule has 0 bridgehead atoms. The third kappa shape index (κ3) is 2.67. The molecular formula is C19H20N2. The second-order valence-corrected chi connectivity index (χ2v) is 5.41. The van der Waals surface area contributed by atoms with Crippen LogP contribution in [-0.2, 0) is 0 Å². The maximum atomic E-state index is 4.22. The van der Waals surface area contributed by atoms with Gasteiger partial charge in [0, 0.05) is 29.7 Å². The molecule has 0 saturated carbocycles. The van der Waals surface area contributed by atoms with Crippen LogP contribution in [0, 0.1) is 0 Å². The minimum Gasteiger partial charge on any atom is -0.312 e. The number of nitrogens with zero attached hydrogens (tertiary/aromatic N) is 1. The van der Waals surface area contributed by atoms with Gasteiger partial charge in [-0.15, -0.1) is 0 Å². The Hall–Kier alpha value is -2.19. The predicted molar refractivity (Wildman–Crippen MR) is 88.4 cm³/mol. The standard InChI is InChI=1S/C19H20N2/c1-14(15-7-4-3-5-8-15)19(20-2)18-10-6-9-16-13-21-12-11-17(16)18/h3-14,19-20H,1-2H3. The number of fused-ring (bicyclic) bond motifs is 1. The van der Waals surface area contributed by atoms with Gasteiger partial charge in [0.2, 0.25) is 0 Å². The Kier molecular flexibility index (Phi) is 3.98. The van der Waals surface area contributed by atoms with Crippen LogP contribution in [-0.4, -0.2) is 12.0 Å². The van der Waals surface area contributed by atoms with E-state index in [4.69, 9.17) is 0 Å². The van der Waals surface area contributed by atoms with Crippen molar-refractivity contribution in [3.8, 4) is 0 Å². The van der Waals surface area contributed by atoms with Crippen LogP contribution in [0.4, 0.5) is 0 Å². The Morgan fingerprint density at radius 2 is 1.76 bits per heavy atom. The Morgan fingerprint density at radius 3 is 2.52 bits per heavy atom. The van der Waals surface area contributed by atoms with Crippen LogP contribution in [0.25, 0.3) is 10.8 Å². The zero-order chi connectivity index (χ0) is 14.7. The van der Waals surface area contributed by atoms with Crippen molar-refractivity contribution in [2.75, 3.05) is 7.05 Å². The van der Waals surface area contributed by atoms with Crippen molar-refractivity contribution >= 4 is 10.8 Å². The van der Waals surface area contributed by atoms with Gasteiger partial charge in [-0.2, -0.15) is 0 Å². The lowest BCUT2D eigenvalue weighted by atomic mass is 9.86. The smallest absolute Gasteiger partial charge is 0.0390 e. The maximum Gasteiger partial charge on any atom is 0.0390 e. The van der Waals surface area contributed by atoms with E-state index in [1.54, 1.807) is 0 Å². The molecule has 2 heteroatoms. The summed E-state index contributed by atoms with van der Waals surface area (Å²) in [5.74, 6) is 0.398. The van der Waals surface area contributed by atoms with Gasteiger partial charge in [0.25, 0.3) is 0 Å². The molecule has 2 atom stereocenters. The third-order valence-electron chi connectivity index (χ3n) is 4.19. The highest BCUT2D eigenvalue weighted by molar-refractivity contribution is 5.85. The van der Waals surface area contributed by atoms with Crippen molar-refractivity contribution in [2.24, 2.45) is 0 Å². The lowest BCUT2D eigenvalue weighted by Gasteiger charge is -2.25. The zero-order valence-corrected chi connectivity index (χ0v) is 12.5. The molecule has 2 unspecified atom stereocenters. The molecule has 0 spiro atoms. The first-order chi connectivity index (χ1) is 10.3. The molecule has 0 aliphatic carbocycles. The quantitative estimate of drug-likeness (QED) is 0.768. The van der Waals surface area contributed by atoms with E-state index in [1.807, 2.05) is 19.4 Å². The monoisotopic (exact) mass is 276 g/mol. The van der Waals surface area contributed by atoms with Crippen LogP contribution in [0.15, 0.2) is 67.0 Å². The van der Waals surface area contributed by atoms with Crippen LogP contribution in [0.5, 0.6) is 0 Å². The minimum atomic E-state index is 0.276. The molecule has 1 aromatic heterocycles. The number of aromatic nitrogens is 1. The first kappa shape index (κ1) is 13.8. The highest BCUT2D eigenvalue weighted by Gasteiger charge is 2.20. The summed E-state index contributed by atoms with van der Waals surface area (Å²) in [4.78, 5) is 4.22. The Labute approximate surface area is 125 Å². The normalized spacial score (nSPS) is 14.0. The van der Waals surface area contributed by atoms with E-state index in [-0.39, 0.29) is 6.04 Å². The van der Waals surface area contributed by atoms with Gasteiger partial charge in [0.1, 0.15) is 0 Å². The number of benzene rings is 2. The van der Waals surface area contributed by atoms with E-state index in [0.29, 0.717) is 5.92 Å². The Balaban J connectivity index is 2.06. The lowest BCUT2D eigenvalue weighted by Crippen LogP contribution is -2.22. The zero-order valence-electron chi connectivity index (χ0n) is 12.5. The molecule has 2 nitrogen and oxygen atoms in total. The molecule has 0 aliphatic rings. The molecule has 0 amide bonds. The summed E-state index contributed by atoms with van der Waals surface area (Å²) in [6, 6.07) is 19.5. The first-order valence-corrected chi connectivity index (χ1v) is 7.36. The number of nitrogens with one attached hydrogen (secondary N) is 1. The van der Waals surface area contributed by atoms with Crippen LogP contribution >= 0.6 is 0 Å². The summed E-state index contributed by atoms with van der Waals surface area (Å²) in [7, 11) is 2.03. The fourth-order valence-electron chi connectivity index (χ4n) is 3.04. The molecule has 106 valence electrons. The first-order valence-electron chi connectivity index (χ1n) is 7.36. The number of hydrogen-bond donors (Lipinski definition) is 1. The van der Waals surface area contributed by atoms with Gasteiger partial charge in [-0.25, -0.2) is 0 Å². The summed E-state index contributed by atoms with van der Waals surface area (Å²) in [6.07, 6.45) is 3.80. The van der Waals surface area contributed by atoms with Gasteiger partial charge >= 0.3 is 0 Å². The van der Waals surface area contributed by atoms with Crippen molar-refractivity contribution in [1.29, 1.82) is 0 Å². The highest BCUT2D eigenvalue weighted by atomic mass is 14.9. The molecule has 21 heavy (non-hydrogen) atoms. The highest BCUT2D eigenvalue weighted by Crippen LogP contribution is 2.33. The van der Waals surface area contributed by atoms with Crippen LogP contribution in [0.3, 0.4) is 0 Å². The third-order valence-corrected chi connectivity index (χ3v) is 4.19. The van der Waals surface area contributed by atoms with E-state index < -0.39 is 0 Å². The van der Waals surface area contributed by atoms with Gasteiger partial charge in [-0.1, -0.05) is 55.5 Å². The topological polar surface area (TPSA) is 24.9 Å². The number of rotatable bonds is 4. The molecule has 0 saturated heterocycles. The molecule has 0 radical (unpaired) electrons. The van der Waals surface area contributed by atoms with E-state index in [2.05, 4.69) is 71.8 Å². The number of likely N-dealkylation sites (N-methyl/N-ethyl adjacent to an activating group) is 1. The SMILES string of the molecule is CNC(c1cccc2cnccc12)C(C)c1ccccc1. The molecule has 3 aromatic rings. The van der Waals surface area contributed by atoms with E-state index >= 15 is 0 Å². The summed E-state index contributed by atoms with van der Waals surface area (Å²) < 4.78 is 0. The number of pyridine rings is 1.